The Hall–Kier alpha value is -9.44. The number of nitrogens with zero attached hydrogens (tertiary/aromatic N) is 2. The third-order valence-corrected chi connectivity index (χ3v) is 16.5. The minimum Gasteiger partial charge on any atom is -0.394 e. The van der Waals surface area contributed by atoms with Crippen LogP contribution in [0.3, 0.4) is 0 Å². The van der Waals surface area contributed by atoms with E-state index in [2.05, 4.69) is 84.1 Å². The molecule has 0 fully saturated rings. The van der Waals surface area contributed by atoms with Crippen molar-refractivity contribution in [1.29, 1.82) is 0 Å². The van der Waals surface area contributed by atoms with Gasteiger partial charge < -0.3 is 110 Å². The number of aliphatic hydroxyl groups excluding tert-OH is 1. The summed E-state index contributed by atoms with van der Waals surface area (Å²) in [5.41, 5.74) is 12.7. The van der Waals surface area contributed by atoms with E-state index in [1.165, 1.54) is 38.1 Å². The number of hydrogen-bond donors (Lipinski definition) is 18. The van der Waals surface area contributed by atoms with Crippen LogP contribution in [-0.2, 0) is 94.2 Å². The Balaban J connectivity index is 1.62. The van der Waals surface area contributed by atoms with Gasteiger partial charge in [0.2, 0.25) is 88.6 Å². The number of aliphatic hydroxyl groups is 1. The summed E-state index contributed by atoms with van der Waals surface area (Å²) < 4.78 is 10.9. The zero-order chi connectivity index (χ0) is 76.7. The lowest BCUT2D eigenvalue weighted by molar-refractivity contribution is -0.135. The van der Waals surface area contributed by atoms with E-state index in [0.29, 0.717) is 27.9 Å². The zero-order valence-corrected chi connectivity index (χ0v) is 61.0. The molecule has 2 aromatic heterocycles. The van der Waals surface area contributed by atoms with Crippen LogP contribution in [0, 0.1) is 11.8 Å². The number of para-hydroxylation sites is 1. The molecule has 3 rings (SSSR count). The standard InChI is InChI=1S/C64H101N19O18S2/c1-35(2)22-45(61(96)78-43(56(66)91)16-21-102-9)79-62(97)47(24-40-26-67-33-72-40)76-52(88)28-71-64(99)55(36(3)4)82-57(92)37(5)74-60(95)46(23-39-25-69-42-13-11-10-12-41(39)42)80-59(94)44(14-15-50(65)86)75-54(90)31-101-20-19-100-18-17-68-51(87)27-70-58(93)49(32-103-34-73-38(6)85)81-63(98)48(30-84)77-53(89)29-83(7)8/h10-13,25-26,33,35-37,43-49,55,69,84H,14-24,27-32,34H2,1-9H3,(H2,65,86)(H2,66,91)(H,67,72)(H,68,87)(H,70,93)(H,71,99)(H,73,85)(H,74,95)(H,75,90)(H,76,88)(H,77,89)(H,78,96)(H,79,97)(H,80,94)(H,81,98)(H,82,92)/t37-,43-,44-,45-,46-,47-,48-,49-,55-/m0/s1. The number of aromatic nitrogens is 3. The molecule has 0 aliphatic heterocycles. The number of amides is 15. The second-order valence-corrected chi connectivity index (χ2v) is 26.9. The minimum atomic E-state index is -1.46. The van der Waals surface area contributed by atoms with Crippen LogP contribution in [0.4, 0.5) is 0 Å². The summed E-state index contributed by atoms with van der Waals surface area (Å²) in [7, 11) is 3.26. The van der Waals surface area contributed by atoms with E-state index >= 15 is 0 Å². The molecule has 0 saturated heterocycles. The van der Waals surface area contributed by atoms with Crippen molar-refractivity contribution in [2.45, 2.75) is 134 Å². The molecule has 0 bridgehead atoms. The fourth-order valence-electron chi connectivity index (χ4n) is 9.61. The fraction of sp³-hybridized carbons (Fsp3) is 0.594. The molecule has 3 aromatic rings. The molecular formula is C64H101N19O18S2. The van der Waals surface area contributed by atoms with Gasteiger partial charge in [0.15, 0.2) is 0 Å². The number of hydrogen-bond acceptors (Lipinski definition) is 22. The predicted molar refractivity (Wildman–Crippen MR) is 380 cm³/mol. The van der Waals surface area contributed by atoms with Crippen LogP contribution < -0.4 is 80.6 Å². The second-order valence-electron chi connectivity index (χ2n) is 24.8. The van der Waals surface area contributed by atoms with Crippen molar-refractivity contribution in [2.24, 2.45) is 23.3 Å². The Bertz CT molecular complexity index is 3320. The Morgan fingerprint density at radius 1 is 0.602 bits per heavy atom. The highest BCUT2D eigenvalue weighted by molar-refractivity contribution is 7.99. The normalized spacial score (nSPS) is 13.8. The van der Waals surface area contributed by atoms with E-state index in [1.54, 1.807) is 63.3 Å². The van der Waals surface area contributed by atoms with E-state index in [1.807, 2.05) is 20.1 Å². The van der Waals surface area contributed by atoms with Gasteiger partial charge in [-0.3, -0.25) is 71.9 Å². The van der Waals surface area contributed by atoms with Crippen molar-refractivity contribution in [3.8, 4) is 0 Å². The summed E-state index contributed by atoms with van der Waals surface area (Å²) in [5, 5.41) is 43.5. The van der Waals surface area contributed by atoms with Crippen molar-refractivity contribution < 1.29 is 86.5 Å². The third-order valence-electron chi connectivity index (χ3n) is 15.0. The highest BCUT2D eigenvalue weighted by Gasteiger charge is 2.35. The number of imidazole rings is 1. The van der Waals surface area contributed by atoms with Crippen molar-refractivity contribution >= 4 is 123 Å². The fourth-order valence-corrected chi connectivity index (χ4v) is 11.0. The summed E-state index contributed by atoms with van der Waals surface area (Å²) in [5.74, 6) is -11.4. The number of benzene rings is 1. The Morgan fingerprint density at radius 2 is 1.20 bits per heavy atom. The Kier molecular flexibility index (Phi) is 40.0. The highest BCUT2D eigenvalue weighted by atomic mass is 32.2. The zero-order valence-electron chi connectivity index (χ0n) is 59.4. The van der Waals surface area contributed by atoms with Gasteiger partial charge in [-0.1, -0.05) is 45.9 Å². The molecule has 0 saturated carbocycles. The number of carbonyl (C=O) groups is 15. The third kappa shape index (κ3) is 34.4. The monoisotopic (exact) mass is 1490 g/mol. The molecule has 0 radical (unpaired) electrons. The molecule has 2 heterocycles. The number of thioether (sulfide) groups is 2. The maximum atomic E-state index is 14.3. The average Bonchev–Trinajstić information content (AvgIpc) is 1.70. The smallest absolute Gasteiger partial charge is 0.246 e. The van der Waals surface area contributed by atoms with Crippen LogP contribution in [-0.4, -0.2) is 265 Å². The van der Waals surface area contributed by atoms with E-state index < -0.39 is 169 Å². The first-order valence-corrected chi connectivity index (χ1v) is 35.7. The highest BCUT2D eigenvalue weighted by Crippen LogP contribution is 2.20. The van der Waals surface area contributed by atoms with Gasteiger partial charge in [0.1, 0.15) is 61.0 Å². The van der Waals surface area contributed by atoms with Crippen molar-refractivity contribution in [2.75, 3.05) is 96.9 Å². The first kappa shape index (κ1) is 87.8. The first-order valence-electron chi connectivity index (χ1n) is 33.2. The number of fused-ring (bicyclic) bond motifs is 1. The minimum absolute atomic E-state index is 0.0350. The van der Waals surface area contributed by atoms with E-state index in [9.17, 15) is 77.0 Å². The number of aromatic amines is 2. The molecule has 0 spiro atoms. The Labute approximate surface area is 604 Å². The molecule has 0 aliphatic rings. The molecule has 0 unspecified atom stereocenters. The first-order chi connectivity index (χ1) is 48.8. The van der Waals surface area contributed by atoms with Gasteiger partial charge in [0.25, 0.3) is 0 Å². The van der Waals surface area contributed by atoms with Crippen molar-refractivity contribution in [3.63, 3.8) is 0 Å². The molecule has 9 atom stereocenters. The summed E-state index contributed by atoms with van der Waals surface area (Å²) in [6.45, 7) is 6.52. The molecule has 103 heavy (non-hydrogen) atoms. The number of carbonyl (C=O) groups excluding carboxylic acids is 15. The second kappa shape index (κ2) is 46.9. The quantitative estimate of drug-likeness (QED) is 0.0185. The lowest BCUT2D eigenvalue weighted by Gasteiger charge is -2.26. The largest absolute Gasteiger partial charge is 0.394 e. The summed E-state index contributed by atoms with van der Waals surface area (Å²) in [6, 6.07) is -4.54. The van der Waals surface area contributed by atoms with Gasteiger partial charge in [0, 0.05) is 67.5 Å². The lowest BCUT2D eigenvalue weighted by atomic mass is 10.0. The van der Waals surface area contributed by atoms with Crippen LogP contribution in [0.1, 0.15) is 78.5 Å². The summed E-state index contributed by atoms with van der Waals surface area (Å²) >= 11 is 2.54. The van der Waals surface area contributed by atoms with Gasteiger partial charge in [-0.2, -0.15) is 11.8 Å². The van der Waals surface area contributed by atoms with Crippen LogP contribution >= 0.6 is 23.5 Å². The molecule has 39 heteroatoms. The van der Waals surface area contributed by atoms with Crippen molar-refractivity contribution in [3.05, 3.63) is 54.2 Å². The molecule has 20 N–H and O–H groups in total. The molecular weight excluding hydrogens is 1390 g/mol. The summed E-state index contributed by atoms with van der Waals surface area (Å²) in [6.07, 6.45) is 5.69. The maximum Gasteiger partial charge on any atom is 0.246 e. The number of rotatable bonds is 50. The van der Waals surface area contributed by atoms with E-state index in [0.717, 1.165) is 11.8 Å². The SMILES string of the molecule is CSCC[C@H](NC(=O)[C@H](CC(C)C)NC(=O)[C@H](Cc1cnc[nH]1)NC(=O)CNC(=O)[C@@H](NC(=O)[C@H](C)NC(=O)[C@H](Cc1c[nH]c2ccccc12)NC(=O)[C@H](CCC(N)=O)NC(=O)COCCOCCNC(=O)CNC(=O)[C@H](CSCNC(C)=O)NC(=O)[C@H](CO)NC(=O)CN(C)C)C(C)C)C(N)=O. The molecule has 37 nitrogen and oxygen atoms in total. The Morgan fingerprint density at radius 3 is 1.84 bits per heavy atom. The topological polar surface area (TPSA) is 551 Å². The van der Waals surface area contributed by atoms with Crippen LogP contribution in [0.25, 0.3) is 10.9 Å². The molecule has 0 aliphatic carbocycles. The van der Waals surface area contributed by atoms with E-state index in [-0.39, 0.29) is 94.9 Å². The molecule has 572 valence electrons. The molecule has 1 aromatic carbocycles. The van der Waals surface area contributed by atoms with E-state index in [4.69, 9.17) is 20.9 Å². The average molecular weight is 1490 g/mol. The number of primary amides is 2. The number of nitrogens with one attached hydrogen (secondary N) is 15. The van der Waals surface area contributed by atoms with Gasteiger partial charge in [0.05, 0.1) is 58.3 Å². The van der Waals surface area contributed by atoms with Crippen LogP contribution in [0.2, 0.25) is 0 Å². The van der Waals surface area contributed by atoms with Gasteiger partial charge >= 0.3 is 0 Å². The number of likely N-dealkylation sites (N-methyl/N-ethyl adjacent to an activating group) is 1. The predicted octanol–water partition coefficient (Wildman–Crippen LogP) is -5.97. The van der Waals surface area contributed by atoms with Crippen LogP contribution in [0.15, 0.2) is 43.0 Å². The van der Waals surface area contributed by atoms with Gasteiger partial charge in [-0.25, -0.2) is 4.98 Å². The maximum absolute atomic E-state index is 14.3. The number of nitrogens with two attached hydrogens (primary N) is 2. The van der Waals surface area contributed by atoms with Gasteiger partial charge in [-0.15, -0.1) is 11.8 Å². The summed E-state index contributed by atoms with van der Waals surface area (Å²) in [4.78, 5) is 208. The van der Waals surface area contributed by atoms with Crippen molar-refractivity contribution in [1.82, 2.24) is 89.0 Å². The lowest BCUT2D eigenvalue weighted by Crippen LogP contribution is -2.59. The van der Waals surface area contributed by atoms with Gasteiger partial charge in [-0.05, 0) is 75.8 Å². The number of H-pyrrole nitrogens is 2. The number of ether oxygens (including phenoxy) is 2. The molecule has 15 amide bonds. The van der Waals surface area contributed by atoms with Crippen LogP contribution in [0.5, 0.6) is 0 Å².